The zero-order chi connectivity index (χ0) is 16.1. The zero-order valence-electron chi connectivity index (χ0n) is 11.7. The maximum atomic E-state index is 12.2. The highest BCUT2D eigenvalue weighted by Crippen LogP contribution is 2.22. The third kappa shape index (κ3) is 4.72. The minimum Gasteiger partial charge on any atom is -0.351 e. The number of halogens is 2. The molecule has 22 heavy (non-hydrogen) atoms. The first-order chi connectivity index (χ1) is 10.4. The summed E-state index contributed by atoms with van der Waals surface area (Å²) in [7, 11) is 0. The van der Waals surface area contributed by atoms with Crippen molar-refractivity contribution in [3.05, 3.63) is 57.8 Å². The molecule has 0 aliphatic heterocycles. The standard InChI is InChI=1S/C15H13Cl2N3O2/c1-9(21)19-8-14-4-10(2-3-18-14)15(22)20-13-6-11(16)5-12(17)7-13/h2-7H,8H2,1H3,(H,19,21)(H,20,22). The summed E-state index contributed by atoms with van der Waals surface area (Å²) in [6, 6.07) is 7.97. The third-order valence-electron chi connectivity index (χ3n) is 2.72. The monoisotopic (exact) mass is 337 g/mol. The van der Waals surface area contributed by atoms with Crippen LogP contribution < -0.4 is 10.6 Å². The molecule has 0 unspecified atom stereocenters. The van der Waals surface area contributed by atoms with E-state index in [2.05, 4.69) is 15.6 Å². The third-order valence-corrected chi connectivity index (χ3v) is 3.15. The van der Waals surface area contributed by atoms with Crippen LogP contribution in [0.5, 0.6) is 0 Å². The van der Waals surface area contributed by atoms with Crippen LogP contribution >= 0.6 is 23.2 Å². The number of carbonyl (C=O) groups excluding carboxylic acids is 2. The Morgan fingerprint density at radius 3 is 2.45 bits per heavy atom. The van der Waals surface area contributed by atoms with Gasteiger partial charge in [-0.1, -0.05) is 23.2 Å². The van der Waals surface area contributed by atoms with Gasteiger partial charge in [-0.25, -0.2) is 0 Å². The normalized spacial score (nSPS) is 10.1. The fourth-order valence-electron chi connectivity index (χ4n) is 1.76. The summed E-state index contributed by atoms with van der Waals surface area (Å²) < 4.78 is 0. The van der Waals surface area contributed by atoms with Gasteiger partial charge >= 0.3 is 0 Å². The van der Waals surface area contributed by atoms with Crippen LogP contribution in [0.15, 0.2) is 36.5 Å². The molecule has 0 radical (unpaired) electrons. The lowest BCUT2D eigenvalue weighted by Gasteiger charge is -2.08. The minimum absolute atomic E-state index is 0.162. The maximum absolute atomic E-state index is 12.2. The highest BCUT2D eigenvalue weighted by molar-refractivity contribution is 6.35. The van der Waals surface area contributed by atoms with Crippen LogP contribution in [0, 0.1) is 0 Å². The number of nitrogens with zero attached hydrogens (tertiary/aromatic N) is 1. The fraction of sp³-hybridized carbons (Fsp3) is 0.133. The van der Waals surface area contributed by atoms with Crippen molar-refractivity contribution in [2.24, 2.45) is 0 Å². The quantitative estimate of drug-likeness (QED) is 0.899. The van der Waals surface area contributed by atoms with Gasteiger partial charge in [0.25, 0.3) is 5.91 Å². The van der Waals surface area contributed by atoms with Gasteiger partial charge in [-0.15, -0.1) is 0 Å². The van der Waals surface area contributed by atoms with Gasteiger partial charge in [-0.3, -0.25) is 14.6 Å². The summed E-state index contributed by atoms with van der Waals surface area (Å²) in [6.07, 6.45) is 1.51. The summed E-state index contributed by atoms with van der Waals surface area (Å²) in [5.74, 6) is -0.477. The van der Waals surface area contributed by atoms with E-state index in [9.17, 15) is 9.59 Å². The molecule has 0 fully saturated rings. The molecule has 0 aliphatic rings. The highest BCUT2D eigenvalue weighted by atomic mass is 35.5. The van der Waals surface area contributed by atoms with Crippen LogP contribution in [0.25, 0.3) is 0 Å². The van der Waals surface area contributed by atoms with Crippen LogP contribution in [0.3, 0.4) is 0 Å². The number of anilines is 1. The van der Waals surface area contributed by atoms with Gasteiger partial charge in [0.2, 0.25) is 5.91 Å². The van der Waals surface area contributed by atoms with Gasteiger partial charge in [0.15, 0.2) is 0 Å². The van der Waals surface area contributed by atoms with Gasteiger partial charge in [0, 0.05) is 34.4 Å². The first-order valence-electron chi connectivity index (χ1n) is 6.41. The van der Waals surface area contributed by atoms with Crippen molar-refractivity contribution in [1.29, 1.82) is 0 Å². The molecule has 0 saturated carbocycles. The summed E-state index contributed by atoms with van der Waals surface area (Å²) in [5.41, 5.74) is 1.51. The maximum Gasteiger partial charge on any atom is 0.255 e. The summed E-state index contributed by atoms with van der Waals surface area (Å²) in [6.45, 7) is 1.68. The van der Waals surface area contributed by atoms with Crippen molar-refractivity contribution in [3.63, 3.8) is 0 Å². The number of nitrogens with one attached hydrogen (secondary N) is 2. The lowest BCUT2D eigenvalue weighted by molar-refractivity contribution is -0.119. The van der Waals surface area contributed by atoms with Crippen LogP contribution in [-0.2, 0) is 11.3 Å². The molecule has 1 heterocycles. The van der Waals surface area contributed by atoms with E-state index >= 15 is 0 Å². The second kappa shape index (κ2) is 7.24. The van der Waals surface area contributed by atoms with Gasteiger partial charge in [-0.05, 0) is 30.3 Å². The Hall–Kier alpha value is -2.11. The Bertz CT molecular complexity index is 699. The van der Waals surface area contributed by atoms with Crippen molar-refractivity contribution in [1.82, 2.24) is 10.3 Å². The molecule has 1 aromatic carbocycles. The molecule has 5 nitrogen and oxygen atoms in total. The van der Waals surface area contributed by atoms with Crippen LogP contribution in [-0.4, -0.2) is 16.8 Å². The number of carbonyl (C=O) groups is 2. The Morgan fingerprint density at radius 1 is 1.14 bits per heavy atom. The molecule has 7 heteroatoms. The smallest absolute Gasteiger partial charge is 0.255 e. The summed E-state index contributed by atoms with van der Waals surface area (Å²) in [4.78, 5) is 27.2. The van der Waals surface area contributed by atoms with Crippen molar-refractivity contribution in [2.45, 2.75) is 13.5 Å². The Balaban J connectivity index is 2.12. The van der Waals surface area contributed by atoms with E-state index in [1.807, 2.05) is 0 Å². The Kier molecular flexibility index (Phi) is 5.35. The van der Waals surface area contributed by atoms with Gasteiger partial charge < -0.3 is 10.6 Å². The van der Waals surface area contributed by atoms with Crippen molar-refractivity contribution >= 4 is 40.7 Å². The van der Waals surface area contributed by atoms with Crippen molar-refractivity contribution < 1.29 is 9.59 Å². The molecule has 2 rings (SSSR count). The number of aromatic nitrogens is 1. The second-order valence-electron chi connectivity index (χ2n) is 4.56. The average Bonchev–Trinajstić information content (AvgIpc) is 2.44. The van der Waals surface area contributed by atoms with E-state index in [0.717, 1.165) is 0 Å². The predicted molar refractivity (Wildman–Crippen MR) is 86.2 cm³/mol. The molecule has 1 aromatic heterocycles. The van der Waals surface area contributed by atoms with E-state index < -0.39 is 0 Å². The van der Waals surface area contributed by atoms with Crippen LogP contribution in [0.1, 0.15) is 23.0 Å². The van der Waals surface area contributed by atoms with Crippen molar-refractivity contribution in [3.8, 4) is 0 Å². The molecular weight excluding hydrogens is 325 g/mol. The van der Waals surface area contributed by atoms with Gasteiger partial charge in [0.1, 0.15) is 0 Å². The van der Waals surface area contributed by atoms with E-state index in [1.165, 1.54) is 13.1 Å². The molecular formula is C15H13Cl2N3O2. The molecule has 2 aromatic rings. The largest absolute Gasteiger partial charge is 0.351 e. The number of rotatable bonds is 4. The first kappa shape index (κ1) is 16.3. The van der Waals surface area contributed by atoms with Crippen LogP contribution in [0.2, 0.25) is 10.0 Å². The second-order valence-corrected chi connectivity index (χ2v) is 5.43. The molecule has 0 saturated heterocycles. The lowest BCUT2D eigenvalue weighted by atomic mass is 10.2. The van der Waals surface area contributed by atoms with Crippen molar-refractivity contribution in [2.75, 3.05) is 5.32 Å². The van der Waals surface area contributed by atoms with Gasteiger partial charge in [0.05, 0.1) is 12.2 Å². The van der Waals surface area contributed by atoms with E-state index in [0.29, 0.717) is 27.0 Å². The molecule has 0 atom stereocenters. The molecule has 0 bridgehead atoms. The zero-order valence-corrected chi connectivity index (χ0v) is 13.2. The number of benzene rings is 1. The highest BCUT2D eigenvalue weighted by Gasteiger charge is 2.09. The lowest BCUT2D eigenvalue weighted by Crippen LogP contribution is -2.20. The molecule has 0 aliphatic carbocycles. The average molecular weight is 338 g/mol. The van der Waals surface area contributed by atoms with E-state index in [4.69, 9.17) is 23.2 Å². The number of hydrogen-bond donors (Lipinski definition) is 2. The summed E-state index contributed by atoms with van der Waals surface area (Å²) in [5, 5.41) is 6.20. The SMILES string of the molecule is CC(=O)NCc1cc(C(=O)Nc2cc(Cl)cc(Cl)c2)ccn1. The molecule has 114 valence electrons. The number of amides is 2. The van der Waals surface area contributed by atoms with Gasteiger partial charge in [-0.2, -0.15) is 0 Å². The number of pyridine rings is 1. The van der Waals surface area contributed by atoms with E-state index in [-0.39, 0.29) is 18.4 Å². The predicted octanol–water partition coefficient (Wildman–Crippen LogP) is 3.28. The molecule has 0 spiro atoms. The minimum atomic E-state index is -0.315. The first-order valence-corrected chi connectivity index (χ1v) is 7.16. The Labute approximate surface area is 137 Å². The number of hydrogen-bond acceptors (Lipinski definition) is 3. The topological polar surface area (TPSA) is 71.1 Å². The van der Waals surface area contributed by atoms with E-state index in [1.54, 1.807) is 30.3 Å². The molecule has 2 N–H and O–H groups in total. The summed E-state index contributed by atoms with van der Waals surface area (Å²) >= 11 is 11.8. The van der Waals surface area contributed by atoms with Crippen LogP contribution in [0.4, 0.5) is 5.69 Å². The fourth-order valence-corrected chi connectivity index (χ4v) is 2.29. The molecule has 2 amide bonds. The Morgan fingerprint density at radius 2 is 1.82 bits per heavy atom.